The number of hydrogen-bond donors (Lipinski definition) is 0. The van der Waals surface area contributed by atoms with Crippen LogP contribution in [0.15, 0.2) is 72.8 Å². The van der Waals surface area contributed by atoms with E-state index in [1.54, 1.807) is 12.0 Å². The van der Waals surface area contributed by atoms with Gasteiger partial charge >= 0.3 is 6.09 Å². The highest BCUT2D eigenvalue weighted by Gasteiger charge is 2.33. The average molecular weight is 405 g/mol. The van der Waals surface area contributed by atoms with Crippen molar-refractivity contribution in [1.29, 1.82) is 0 Å². The molecular weight excluding hydrogens is 381 g/mol. The molecule has 0 radical (unpaired) electrons. The summed E-state index contributed by atoms with van der Waals surface area (Å²) in [7, 11) is 1.54. The maximum atomic E-state index is 14.1. The van der Waals surface area contributed by atoms with E-state index in [2.05, 4.69) is 0 Å². The maximum absolute atomic E-state index is 14.1. The predicted octanol–water partition coefficient (Wildman–Crippen LogP) is 5.14. The summed E-state index contributed by atoms with van der Waals surface area (Å²) in [6.45, 7) is 0.488. The van der Waals surface area contributed by atoms with Gasteiger partial charge in [-0.15, -0.1) is 0 Å². The topological polar surface area (TPSA) is 38.8 Å². The molecule has 0 spiro atoms. The van der Waals surface area contributed by atoms with E-state index in [0.29, 0.717) is 18.6 Å². The molecule has 3 aromatic rings. The highest BCUT2D eigenvalue weighted by atomic mass is 19.1. The van der Waals surface area contributed by atoms with Gasteiger partial charge in [0, 0.05) is 24.2 Å². The van der Waals surface area contributed by atoms with Crippen molar-refractivity contribution < 1.29 is 18.7 Å². The average Bonchev–Trinajstić information content (AvgIpc) is 2.78. The van der Waals surface area contributed by atoms with Crippen LogP contribution in [0.25, 0.3) is 0 Å². The predicted molar refractivity (Wildman–Crippen MR) is 113 cm³/mol. The molecule has 1 amide bonds. The summed E-state index contributed by atoms with van der Waals surface area (Å²) >= 11 is 0. The van der Waals surface area contributed by atoms with E-state index >= 15 is 0 Å². The first-order valence-electron chi connectivity index (χ1n) is 10.0. The number of fused-ring (bicyclic) bond motifs is 1. The number of benzene rings is 3. The summed E-state index contributed by atoms with van der Waals surface area (Å²) in [5, 5.41) is 0. The van der Waals surface area contributed by atoms with E-state index in [1.807, 2.05) is 60.7 Å². The van der Waals surface area contributed by atoms with E-state index < -0.39 is 6.09 Å². The summed E-state index contributed by atoms with van der Waals surface area (Å²) in [5.41, 5.74) is 3.77. The Morgan fingerprint density at radius 3 is 2.37 bits per heavy atom. The molecule has 4 rings (SSSR count). The van der Waals surface area contributed by atoms with Crippen LogP contribution in [-0.4, -0.2) is 24.1 Å². The van der Waals surface area contributed by atoms with Gasteiger partial charge < -0.3 is 14.4 Å². The van der Waals surface area contributed by atoms with Crippen LogP contribution in [0, 0.1) is 5.82 Å². The number of hydrogen-bond acceptors (Lipinski definition) is 3. The maximum Gasteiger partial charge on any atom is 0.410 e. The fraction of sp³-hybridized carbons (Fsp3) is 0.240. The standard InChI is InChI=1S/C25H24FNO3/c1-29-24-14-21(26)13-20-16-27(25(28)30-17-19-10-6-3-7-11-19)22(15-23(20)24)12-18-8-4-2-5-9-18/h2-11,13-14,22H,12,15-17H2,1H3. The normalized spacial score (nSPS) is 15.4. The Morgan fingerprint density at radius 2 is 1.70 bits per heavy atom. The molecule has 0 saturated heterocycles. The van der Waals surface area contributed by atoms with Crippen molar-refractivity contribution in [2.75, 3.05) is 7.11 Å². The number of amides is 1. The van der Waals surface area contributed by atoms with Gasteiger partial charge in [-0.25, -0.2) is 9.18 Å². The summed E-state index contributed by atoms with van der Waals surface area (Å²) in [5.74, 6) is 0.157. The Kier molecular flexibility index (Phi) is 5.98. The molecule has 30 heavy (non-hydrogen) atoms. The van der Waals surface area contributed by atoms with E-state index in [-0.39, 0.29) is 25.0 Å². The summed E-state index contributed by atoms with van der Waals surface area (Å²) in [6.07, 6.45) is 0.865. The lowest BCUT2D eigenvalue weighted by atomic mass is 9.90. The lowest BCUT2D eigenvalue weighted by Gasteiger charge is -2.37. The molecular formula is C25H24FNO3. The van der Waals surface area contributed by atoms with E-state index in [1.165, 1.54) is 12.1 Å². The molecule has 1 aliphatic rings. The van der Waals surface area contributed by atoms with Gasteiger partial charge in [0.2, 0.25) is 0 Å². The third-order valence-electron chi connectivity index (χ3n) is 5.46. The molecule has 1 aliphatic heterocycles. The fourth-order valence-electron chi connectivity index (χ4n) is 3.96. The van der Waals surface area contributed by atoms with Gasteiger partial charge in [0.1, 0.15) is 18.2 Å². The molecule has 0 N–H and O–H groups in total. The van der Waals surface area contributed by atoms with Crippen LogP contribution in [0.3, 0.4) is 0 Å². The number of rotatable bonds is 5. The van der Waals surface area contributed by atoms with Crippen molar-refractivity contribution in [3.8, 4) is 5.75 Å². The Labute approximate surface area is 175 Å². The van der Waals surface area contributed by atoms with Gasteiger partial charge in [-0.2, -0.15) is 0 Å². The monoisotopic (exact) mass is 405 g/mol. The van der Waals surface area contributed by atoms with E-state index in [9.17, 15) is 9.18 Å². The quantitative estimate of drug-likeness (QED) is 0.590. The fourth-order valence-corrected chi connectivity index (χ4v) is 3.96. The van der Waals surface area contributed by atoms with Crippen LogP contribution in [-0.2, 0) is 30.7 Å². The second-order valence-corrected chi connectivity index (χ2v) is 7.46. The van der Waals surface area contributed by atoms with Gasteiger partial charge in [0.05, 0.1) is 7.11 Å². The van der Waals surface area contributed by atoms with Crippen LogP contribution in [0.4, 0.5) is 9.18 Å². The number of nitrogens with zero attached hydrogens (tertiary/aromatic N) is 1. The van der Waals surface area contributed by atoms with Gasteiger partial charge in [-0.05, 0) is 35.6 Å². The van der Waals surface area contributed by atoms with Gasteiger partial charge in [0.15, 0.2) is 0 Å². The highest BCUT2D eigenvalue weighted by molar-refractivity contribution is 5.69. The van der Waals surface area contributed by atoms with E-state index in [4.69, 9.17) is 9.47 Å². The number of methoxy groups -OCH3 is 1. The molecule has 0 saturated carbocycles. The van der Waals surface area contributed by atoms with Crippen LogP contribution >= 0.6 is 0 Å². The number of carbonyl (C=O) groups is 1. The van der Waals surface area contributed by atoms with Crippen LogP contribution in [0.5, 0.6) is 5.75 Å². The number of carbonyl (C=O) groups excluding carboxylic acids is 1. The van der Waals surface area contributed by atoms with Crippen LogP contribution in [0.2, 0.25) is 0 Å². The Bertz CT molecular complexity index is 1010. The molecule has 0 aromatic heterocycles. The van der Waals surface area contributed by atoms with Gasteiger partial charge in [-0.1, -0.05) is 60.7 Å². The molecule has 4 nitrogen and oxygen atoms in total. The number of halogens is 1. The highest BCUT2D eigenvalue weighted by Crippen LogP contribution is 2.33. The Hall–Kier alpha value is -3.34. The summed E-state index contributed by atoms with van der Waals surface area (Å²) in [6, 6.07) is 22.4. The van der Waals surface area contributed by atoms with Crippen molar-refractivity contribution in [2.24, 2.45) is 0 Å². The van der Waals surface area contributed by atoms with Crippen molar-refractivity contribution >= 4 is 6.09 Å². The van der Waals surface area contributed by atoms with Crippen LogP contribution < -0.4 is 4.74 Å². The first-order chi connectivity index (χ1) is 14.6. The smallest absolute Gasteiger partial charge is 0.410 e. The van der Waals surface area contributed by atoms with Crippen molar-refractivity contribution in [2.45, 2.75) is 32.0 Å². The molecule has 0 bridgehead atoms. The molecule has 1 heterocycles. The third kappa shape index (κ3) is 4.46. The minimum atomic E-state index is -0.395. The summed E-state index contributed by atoms with van der Waals surface area (Å²) < 4.78 is 25.1. The molecule has 0 aliphatic carbocycles. The first kappa shape index (κ1) is 20.0. The Morgan fingerprint density at radius 1 is 1.03 bits per heavy atom. The lowest BCUT2D eigenvalue weighted by Crippen LogP contribution is -2.45. The molecule has 1 atom stereocenters. The minimum Gasteiger partial charge on any atom is -0.496 e. The zero-order chi connectivity index (χ0) is 20.9. The van der Waals surface area contributed by atoms with Crippen molar-refractivity contribution in [3.63, 3.8) is 0 Å². The lowest BCUT2D eigenvalue weighted by molar-refractivity contribution is 0.0727. The minimum absolute atomic E-state index is 0.109. The zero-order valence-corrected chi connectivity index (χ0v) is 16.9. The van der Waals surface area contributed by atoms with Gasteiger partial charge in [0.25, 0.3) is 0 Å². The number of ether oxygens (including phenoxy) is 2. The second kappa shape index (κ2) is 8.99. The summed E-state index contributed by atoms with van der Waals surface area (Å²) in [4.78, 5) is 14.7. The zero-order valence-electron chi connectivity index (χ0n) is 16.9. The van der Waals surface area contributed by atoms with Crippen molar-refractivity contribution in [1.82, 2.24) is 4.90 Å². The third-order valence-corrected chi connectivity index (χ3v) is 5.46. The van der Waals surface area contributed by atoms with Crippen LogP contribution in [0.1, 0.15) is 22.3 Å². The van der Waals surface area contributed by atoms with Gasteiger partial charge in [-0.3, -0.25) is 0 Å². The molecule has 1 unspecified atom stereocenters. The molecule has 0 fully saturated rings. The second-order valence-electron chi connectivity index (χ2n) is 7.46. The van der Waals surface area contributed by atoms with E-state index in [0.717, 1.165) is 22.3 Å². The SMILES string of the molecule is COc1cc(F)cc2c1CC(Cc1ccccc1)N(C(=O)OCc1ccccc1)C2. The van der Waals surface area contributed by atoms with Crippen molar-refractivity contribution in [3.05, 3.63) is 101 Å². The molecule has 5 heteroatoms. The Balaban J connectivity index is 1.59. The molecule has 3 aromatic carbocycles. The molecule has 154 valence electrons. The first-order valence-corrected chi connectivity index (χ1v) is 10.0. The largest absolute Gasteiger partial charge is 0.496 e.